The van der Waals surface area contributed by atoms with Crippen LogP contribution < -0.4 is 10.6 Å². The van der Waals surface area contributed by atoms with E-state index < -0.39 is 0 Å². The van der Waals surface area contributed by atoms with Crippen molar-refractivity contribution in [3.8, 4) is 10.6 Å². The van der Waals surface area contributed by atoms with E-state index in [9.17, 15) is 9.59 Å². The van der Waals surface area contributed by atoms with Crippen LogP contribution in [-0.4, -0.2) is 28.3 Å². The molecule has 0 saturated carbocycles. The lowest BCUT2D eigenvalue weighted by Gasteiger charge is -2.07. The molecular weight excluding hydrogens is 464 g/mol. The van der Waals surface area contributed by atoms with Crippen LogP contribution in [0.3, 0.4) is 0 Å². The zero-order valence-corrected chi connectivity index (χ0v) is 18.2. The van der Waals surface area contributed by atoms with Crippen molar-refractivity contribution >= 4 is 55.1 Å². The Labute approximate surface area is 185 Å². The highest BCUT2D eigenvalue weighted by Gasteiger charge is 2.09. The number of amides is 2. The molecule has 2 amide bonds. The highest BCUT2D eigenvalue weighted by molar-refractivity contribution is 9.10. The zero-order chi connectivity index (χ0) is 20.9. The first-order valence-electron chi connectivity index (χ1n) is 9.24. The van der Waals surface area contributed by atoms with Crippen molar-refractivity contribution in [2.45, 2.75) is 6.42 Å². The zero-order valence-electron chi connectivity index (χ0n) is 15.8. The molecule has 8 heteroatoms. The number of hydrogen-bond acceptors (Lipinski definition) is 5. The van der Waals surface area contributed by atoms with Crippen molar-refractivity contribution in [1.82, 2.24) is 15.3 Å². The van der Waals surface area contributed by atoms with Crippen LogP contribution >= 0.6 is 27.3 Å². The van der Waals surface area contributed by atoms with Gasteiger partial charge in [-0.05, 0) is 48.5 Å². The summed E-state index contributed by atoms with van der Waals surface area (Å²) < 4.78 is 2.02. The largest absolute Gasteiger partial charge is 0.352 e. The SMILES string of the molecule is O=C(CCNC(=O)c1ccc(Br)cc1)Nc1ccc(-c2nc3ccccc3s2)cn1. The topological polar surface area (TPSA) is 84.0 Å². The molecule has 0 unspecified atom stereocenters. The molecule has 0 saturated heterocycles. The van der Waals surface area contributed by atoms with Gasteiger partial charge in [-0.25, -0.2) is 9.97 Å². The van der Waals surface area contributed by atoms with E-state index in [1.54, 1.807) is 47.9 Å². The Morgan fingerprint density at radius 1 is 1.00 bits per heavy atom. The number of fused-ring (bicyclic) bond motifs is 1. The molecule has 6 nitrogen and oxygen atoms in total. The Balaban J connectivity index is 1.29. The lowest BCUT2D eigenvalue weighted by atomic mass is 10.2. The van der Waals surface area contributed by atoms with Gasteiger partial charge in [0.1, 0.15) is 10.8 Å². The number of benzene rings is 2. The number of para-hydroxylation sites is 1. The Hall–Kier alpha value is -3.10. The number of hydrogen-bond donors (Lipinski definition) is 2. The van der Waals surface area contributed by atoms with Crippen molar-refractivity contribution in [2.75, 3.05) is 11.9 Å². The van der Waals surface area contributed by atoms with Gasteiger partial charge in [-0.3, -0.25) is 9.59 Å². The molecule has 4 aromatic rings. The molecule has 2 aromatic heterocycles. The van der Waals surface area contributed by atoms with E-state index in [1.165, 1.54) is 0 Å². The summed E-state index contributed by atoms with van der Waals surface area (Å²) in [5.74, 6) is 0.0315. The number of rotatable bonds is 6. The van der Waals surface area contributed by atoms with Gasteiger partial charge < -0.3 is 10.6 Å². The molecule has 0 fully saturated rings. The lowest BCUT2D eigenvalue weighted by Crippen LogP contribution is -2.27. The van der Waals surface area contributed by atoms with E-state index in [0.29, 0.717) is 11.4 Å². The number of anilines is 1. The first-order valence-corrected chi connectivity index (χ1v) is 10.8. The number of carbonyl (C=O) groups is 2. The predicted octanol–water partition coefficient (Wildman–Crippen LogP) is 4.88. The summed E-state index contributed by atoms with van der Waals surface area (Å²) in [6.45, 7) is 0.241. The Morgan fingerprint density at radius 3 is 2.53 bits per heavy atom. The average molecular weight is 481 g/mol. The molecule has 0 aliphatic carbocycles. The van der Waals surface area contributed by atoms with Gasteiger partial charge in [-0.15, -0.1) is 11.3 Å². The van der Waals surface area contributed by atoms with Crippen LogP contribution in [0.15, 0.2) is 71.3 Å². The smallest absolute Gasteiger partial charge is 0.251 e. The molecule has 2 N–H and O–H groups in total. The van der Waals surface area contributed by atoms with E-state index >= 15 is 0 Å². The number of nitrogens with one attached hydrogen (secondary N) is 2. The van der Waals surface area contributed by atoms with Crippen LogP contribution in [0.5, 0.6) is 0 Å². The highest BCUT2D eigenvalue weighted by atomic mass is 79.9. The fourth-order valence-electron chi connectivity index (χ4n) is 2.79. The minimum absolute atomic E-state index is 0.156. The third kappa shape index (κ3) is 4.90. The summed E-state index contributed by atoms with van der Waals surface area (Å²) in [6.07, 6.45) is 1.85. The van der Waals surface area contributed by atoms with Gasteiger partial charge in [0, 0.05) is 34.8 Å². The number of pyridine rings is 1. The van der Waals surface area contributed by atoms with Gasteiger partial charge in [0.2, 0.25) is 5.91 Å². The van der Waals surface area contributed by atoms with Crippen molar-refractivity contribution in [3.63, 3.8) is 0 Å². The van der Waals surface area contributed by atoms with Crippen molar-refractivity contribution in [2.24, 2.45) is 0 Å². The summed E-state index contributed by atoms with van der Waals surface area (Å²) in [4.78, 5) is 33.1. The number of thiazole rings is 1. The fourth-order valence-corrected chi connectivity index (χ4v) is 4.01. The van der Waals surface area contributed by atoms with Crippen molar-refractivity contribution in [1.29, 1.82) is 0 Å². The predicted molar refractivity (Wildman–Crippen MR) is 123 cm³/mol. The van der Waals surface area contributed by atoms with Crippen LogP contribution in [0.1, 0.15) is 16.8 Å². The van der Waals surface area contributed by atoms with Gasteiger partial charge in [0.15, 0.2) is 0 Å². The summed E-state index contributed by atoms with van der Waals surface area (Å²) >= 11 is 4.93. The van der Waals surface area contributed by atoms with Crippen molar-refractivity contribution in [3.05, 3.63) is 76.9 Å². The van der Waals surface area contributed by atoms with E-state index in [0.717, 1.165) is 25.3 Å². The molecular formula is C22H17BrN4O2S. The molecule has 150 valence electrons. The maximum absolute atomic E-state index is 12.1. The van der Waals surface area contributed by atoms with Crippen LogP contribution in [0.4, 0.5) is 5.82 Å². The van der Waals surface area contributed by atoms with Gasteiger partial charge in [-0.1, -0.05) is 28.1 Å². The lowest BCUT2D eigenvalue weighted by molar-refractivity contribution is -0.116. The van der Waals surface area contributed by atoms with Gasteiger partial charge in [-0.2, -0.15) is 0 Å². The number of aromatic nitrogens is 2. The first-order chi connectivity index (χ1) is 14.6. The molecule has 0 aliphatic heterocycles. The molecule has 4 rings (SSSR count). The molecule has 0 bridgehead atoms. The van der Waals surface area contributed by atoms with Crippen LogP contribution in [0.25, 0.3) is 20.8 Å². The van der Waals surface area contributed by atoms with Gasteiger partial charge >= 0.3 is 0 Å². The third-order valence-electron chi connectivity index (χ3n) is 4.32. The fraction of sp³-hybridized carbons (Fsp3) is 0.0909. The maximum atomic E-state index is 12.1. The van der Waals surface area contributed by atoms with Crippen LogP contribution in [0, 0.1) is 0 Å². The maximum Gasteiger partial charge on any atom is 0.251 e. The molecule has 2 heterocycles. The number of carbonyl (C=O) groups excluding carboxylic acids is 2. The standard InChI is InChI=1S/C22H17BrN4O2S/c23-16-8-5-14(6-9-16)21(29)24-12-11-20(28)27-19-10-7-15(13-25-19)22-26-17-3-1-2-4-18(17)30-22/h1-10,13H,11-12H2,(H,24,29)(H,25,27,28). The molecule has 0 spiro atoms. The first kappa shape index (κ1) is 20.2. The van der Waals surface area contributed by atoms with E-state index in [2.05, 4.69) is 36.5 Å². The normalized spacial score (nSPS) is 10.7. The second-order valence-electron chi connectivity index (χ2n) is 6.48. The minimum Gasteiger partial charge on any atom is -0.352 e. The van der Waals surface area contributed by atoms with Crippen molar-refractivity contribution < 1.29 is 9.59 Å². The van der Waals surface area contributed by atoms with Gasteiger partial charge in [0.25, 0.3) is 5.91 Å². The van der Waals surface area contributed by atoms with E-state index in [1.807, 2.05) is 30.3 Å². The summed E-state index contributed by atoms with van der Waals surface area (Å²) in [7, 11) is 0. The van der Waals surface area contributed by atoms with Crippen LogP contribution in [0.2, 0.25) is 0 Å². The second kappa shape index (κ2) is 9.15. The molecule has 0 aliphatic rings. The molecule has 0 atom stereocenters. The monoisotopic (exact) mass is 480 g/mol. The summed E-state index contributed by atoms with van der Waals surface area (Å²) in [6, 6.07) is 18.6. The Morgan fingerprint density at radius 2 is 1.80 bits per heavy atom. The Bertz CT molecular complexity index is 1160. The van der Waals surface area contributed by atoms with Crippen LogP contribution in [-0.2, 0) is 4.79 Å². The third-order valence-corrected chi connectivity index (χ3v) is 5.93. The van der Waals surface area contributed by atoms with E-state index in [4.69, 9.17) is 0 Å². The molecule has 0 radical (unpaired) electrons. The summed E-state index contributed by atoms with van der Waals surface area (Å²) in [5.41, 5.74) is 2.40. The number of nitrogens with zero attached hydrogens (tertiary/aromatic N) is 2. The van der Waals surface area contributed by atoms with Gasteiger partial charge in [0.05, 0.1) is 10.2 Å². The average Bonchev–Trinajstić information content (AvgIpc) is 3.19. The molecule has 2 aromatic carbocycles. The second-order valence-corrected chi connectivity index (χ2v) is 8.43. The minimum atomic E-state index is -0.216. The highest BCUT2D eigenvalue weighted by Crippen LogP contribution is 2.29. The van der Waals surface area contributed by atoms with E-state index in [-0.39, 0.29) is 24.8 Å². The Kier molecular flexibility index (Phi) is 6.15. The summed E-state index contributed by atoms with van der Waals surface area (Å²) in [5, 5.41) is 6.37. The quantitative estimate of drug-likeness (QED) is 0.411. The molecule has 30 heavy (non-hydrogen) atoms. The number of halogens is 1.